The lowest BCUT2D eigenvalue weighted by Gasteiger charge is -2.26. The summed E-state index contributed by atoms with van der Waals surface area (Å²) in [5, 5.41) is 18.4. The number of nitrogens with zero attached hydrogens (tertiary/aromatic N) is 4. The SMILES string of the molecule is Cc1cc(Cl)cc2sc3ccc(N(c4ccccc4)c4ccccc4)cc3c12.Clc1cc(-c2ccccc2)c2c(c1)sc1ccc(N(c3ccccc3)c3ccccc3)cc12.Clc1ccc2c(c1)sc1ccc(N(c3ccccc3)c3ccc(-c4cccc5ccccc45)cc3)cc12.Clc1ccc2c(c1)sc1ccc(N(c3ccccc3)c3ccc4c(c3)sc3ccccc34)cc12. The molecule has 0 aliphatic heterocycles. The van der Waals surface area contributed by atoms with Crippen LogP contribution >= 0.6 is 103 Å². The highest BCUT2D eigenvalue weighted by molar-refractivity contribution is 7.27. The number of anilines is 12. The van der Waals surface area contributed by atoms with Crippen LogP contribution in [0, 0.1) is 6.92 Å². The Kier molecular flexibility index (Phi) is 23.3. The van der Waals surface area contributed by atoms with E-state index in [1.807, 2.05) is 29.5 Å². The van der Waals surface area contributed by atoms with Crippen LogP contribution in [-0.2, 0) is 0 Å². The van der Waals surface area contributed by atoms with Gasteiger partial charge >= 0.3 is 0 Å². The molecule has 0 atom stereocenters. The quantitative estimate of drug-likeness (QED) is 0.108. The number of hydrogen-bond acceptors (Lipinski definition) is 9. The molecule has 5 aromatic heterocycles. The molecule has 0 N–H and O–H groups in total. The maximum absolute atomic E-state index is 6.54. The predicted octanol–water partition coefficient (Wildman–Crippen LogP) is 39.9. The van der Waals surface area contributed by atoms with Crippen molar-refractivity contribution < 1.29 is 0 Å². The Morgan fingerprint density at radius 2 is 0.462 bits per heavy atom. The van der Waals surface area contributed by atoms with E-state index >= 15 is 0 Å². The zero-order valence-electron chi connectivity index (χ0n) is 71.1. The van der Waals surface area contributed by atoms with Gasteiger partial charge in [0.05, 0.1) is 0 Å². The van der Waals surface area contributed by atoms with Gasteiger partial charge in [0.25, 0.3) is 0 Å². The first-order valence-electron chi connectivity index (χ1n) is 43.6. The third-order valence-corrected chi connectivity index (χ3v) is 30.7. The number of fused-ring (bicyclic) bond motifs is 16. The first-order valence-corrected chi connectivity index (χ1v) is 49.1. The van der Waals surface area contributed by atoms with Crippen LogP contribution in [-0.4, -0.2) is 0 Å². The molecule has 13 heteroatoms. The summed E-state index contributed by atoms with van der Waals surface area (Å²) in [6, 6.07) is 161. The second-order valence-electron chi connectivity index (χ2n) is 32.4. The fraction of sp³-hybridized carbons (Fsp3) is 0.00840. The lowest BCUT2D eigenvalue weighted by Crippen LogP contribution is -2.09. The van der Waals surface area contributed by atoms with Crippen molar-refractivity contribution in [3.8, 4) is 22.3 Å². The molecule has 0 saturated carbocycles. The van der Waals surface area contributed by atoms with Crippen LogP contribution in [0.25, 0.3) is 134 Å². The van der Waals surface area contributed by atoms with Crippen LogP contribution in [0.1, 0.15) is 5.56 Å². The summed E-state index contributed by atoms with van der Waals surface area (Å²) in [4.78, 5) is 9.28. The van der Waals surface area contributed by atoms with Crippen molar-refractivity contribution in [2.45, 2.75) is 6.92 Å². The van der Waals surface area contributed by atoms with Gasteiger partial charge in [-0.25, -0.2) is 0 Å². The second kappa shape index (κ2) is 36.8. The topological polar surface area (TPSA) is 13.0 Å². The van der Waals surface area contributed by atoms with Gasteiger partial charge in [-0.3, -0.25) is 0 Å². The molecule has 5 heterocycles. The normalized spacial score (nSPS) is 11.4. The van der Waals surface area contributed by atoms with Gasteiger partial charge in [-0.15, -0.1) is 56.7 Å². The third kappa shape index (κ3) is 16.7. The predicted molar refractivity (Wildman–Crippen MR) is 582 cm³/mol. The lowest BCUT2D eigenvalue weighted by atomic mass is 9.98. The minimum Gasteiger partial charge on any atom is -0.310 e. The Hall–Kier alpha value is -13.9. The number of hydrogen-bond donors (Lipinski definition) is 0. The van der Waals surface area contributed by atoms with Crippen molar-refractivity contribution >= 4 is 283 Å². The largest absolute Gasteiger partial charge is 0.310 e. The zero-order chi connectivity index (χ0) is 88.7. The minimum atomic E-state index is 0.767. The maximum Gasteiger partial charge on any atom is 0.0476 e. The Morgan fingerprint density at radius 1 is 0.167 bits per heavy atom. The van der Waals surface area contributed by atoms with Crippen LogP contribution < -0.4 is 19.6 Å². The van der Waals surface area contributed by atoms with E-state index in [4.69, 9.17) is 46.4 Å². The van der Waals surface area contributed by atoms with Gasteiger partial charge in [-0.1, -0.05) is 277 Å². The van der Waals surface area contributed by atoms with E-state index in [1.165, 1.54) is 139 Å². The molecule has 0 radical (unpaired) electrons. The molecule has 25 aromatic rings. The highest BCUT2D eigenvalue weighted by atomic mass is 35.5. The number of rotatable bonds is 14. The molecule has 25 rings (SSSR count). The molecule has 0 spiro atoms. The summed E-state index contributed by atoms with van der Waals surface area (Å²) >= 11 is 34.4. The number of halogens is 4. The maximum atomic E-state index is 6.54. The minimum absolute atomic E-state index is 0.767. The summed E-state index contributed by atoms with van der Waals surface area (Å²) in [6.45, 7) is 2.14. The smallest absolute Gasteiger partial charge is 0.0476 e. The van der Waals surface area contributed by atoms with Crippen molar-refractivity contribution in [3.63, 3.8) is 0 Å². The van der Waals surface area contributed by atoms with Crippen molar-refractivity contribution in [1.29, 1.82) is 0 Å². The molecule has 632 valence electrons. The Balaban J connectivity index is 0.000000103. The fourth-order valence-electron chi connectivity index (χ4n) is 18.2. The van der Waals surface area contributed by atoms with E-state index in [-0.39, 0.29) is 0 Å². The Labute approximate surface area is 805 Å². The highest BCUT2D eigenvalue weighted by Gasteiger charge is 2.23. The fourth-order valence-corrected chi connectivity index (χ4v) is 25.0. The van der Waals surface area contributed by atoms with E-state index in [9.17, 15) is 0 Å². The Morgan fingerprint density at radius 3 is 0.939 bits per heavy atom. The van der Waals surface area contributed by atoms with Gasteiger partial charge in [-0.2, -0.15) is 0 Å². The van der Waals surface area contributed by atoms with Crippen LogP contribution in [0.4, 0.5) is 68.2 Å². The summed E-state index contributed by atoms with van der Waals surface area (Å²) in [7, 11) is 0. The van der Waals surface area contributed by atoms with Crippen LogP contribution in [0.2, 0.25) is 20.1 Å². The summed E-state index contributed by atoms with van der Waals surface area (Å²) in [6.07, 6.45) is 0. The molecule has 0 bridgehead atoms. The molecule has 20 aromatic carbocycles. The van der Waals surface area contributed by atoms with E-state index in [0.29, 0.717) is 0 Å². The van der Waals surface area contributed by atoms with Crippen LogP contribution in [0.5, 0.6) is 0 Å². The van der Waals surface area contributed by atoms with E-state index in [2.05, 4.69) is 463 Å². The number of para-hydroxylation sites is 6. The summed E-state index contributed by atoms with van der Waals surface area (Å²) in [5.41, 5.74) is 19.7. The molecular formula is C119H78Cl4N4S5. The number of benzene rings is 20. The van der Waals surface area contributed by atoms with Gasteiger partial charge in [-0.05, 0) is 270 Å². The van der Waals surface area contributed by atoms with Crippen LogP contribution in [0.15, 0.2) is 455 Å². The molecule has 0 fully saturated rings. The van der Waals surface area contributed by atoms with Gasteiger partial charge in [0.2, 0.25) is 0 Å². The number of aryl methyl sites for hydroxylation is 1. The van der Waals surface area contributed by atoms with Gasteiger partial charge in [0, 0.05) is 189 Å². The van der Waals surface area contributed by atoms with Crippen molar-refractivity contribution in [1.82, 2.24) is 0 Å². The molecule has 0 aliphatic rings. The molecule has 0 amide bonds. The summed E-state index contributed by atoms with van der Waals surface area (Å²) < 4.78 is 12.6. The van der Waals surface area contributed by atoms with E-state index < -0.39 is 0 Å². The van der Waals surface area contributed by atoms with Gasteiger partial charge in [0.15, 0.2) is 0 Å². The van der Waals surface area contributed by atoms with Gasteiger partial charge < -0.3 is 19.6 Å². The second-order valence-corrected chi connectivity index (χ2v) is 39.6. The molecular weight excluding hydrogens is 1790 g/mol. The van der Waals surface area contributed by atoms with Crippen molar-refractivity contribution in [3.05, 3.63) is 481 Å². The molecule has 0 aliphatic carbocycles. The standard InChI is InChI=1S/C34H22ClNS.C30H18ClNS2.C30H20ClNS.C25H18ClNS/c35-25-15-19-31-32-22-28(18-20-33(32)37-34(31)21-25)36(26-9-2-1-3-10-26)27-16-13-24(14-17-27)30-12-6-8-23-7-4-5-11-29(23)30;31-19-10-13-25-26-17-21(12-15-28(26)34-29(25)16-19)32(20-6-2-1-3-7-20)22-11-14-24-23-8-4-5-9-27(23)33-30(24)18-22;31-22-18-26(21-10-4-1-5-11-21)30-27-20-25(16-17-28(27)33-29(30)19-22)32(23-12-6-2-7-13-23)24-14-8-3-9-15-24;1-17-14-18(26)15-24-25(17)22-16-21(12-13-23(22)28-24)27(19-8-4-2-5-9-19)20-10-6-3-7-11-20/h1-22H;1-18H;1-20H;2-16H,1H3. The van der Waals surface area contributed by atoms with Crippen LogP contribution in [0.3, 0.4) is 0 Å². The third-order valence-electron chi connectivity index (χ3n) is 24.1. The zero-order valence-corrected chi connectivity index (χ0v) is 78.2. The number of thiophene rings is 5. The Bertz CT molecular complexity index is 8460. The van der Waals surface area contributed by atoms with Gasteiger partial charge in [0.1, 0.15) is 0 Å². The first kappa shape index (κ1) is 83.7. The molecule has 4 nitrogen and oxygen atoms in total. The van der Waals surface area contributed by atoms with E-state index in [1.54, 1.807) is 45.3 Å². The molecule has 0 unspecified atom stereocenters. The van der Waals surface area contributed by atoms with Crippen molar-refractivity contribution in [2.24, 2.45) is 0 Å². The monoisotopic (exact) mass is 1860 g/mol. The van der Waals surface area contributed by atoms with E-state index in [0.717, 1.165) is 88.3 Å². The summed E-state index contributed by atoms with van der Waals surface area (Å²) in [5.74, 6) is 0. The average Bonchev–Trinajstić information content (AvgIpc) is 1.60. The average molecular weight is 1870 g/mol. The molecule has 0 saturated heterocycles. The highest BCUT2D eigenvalue weighted by Crippen LogP contribution is 2.50. The van der Waals surface area contributed by atoms with Crippen molar-refractivity contribution in [2.75, 3.05) is 19.6 Å². The first-order chi connectivity index (χ1) is 65.0. The molecule has 132 heavy (non-hydrogen) atoms. The lowest BCUT2D eigenvalue weighted by molar-refractivity contribution is 1.29.